The van der Waals surface area contributed by atoms with Crippen molar-refractivity contribution in [3.8, 4) is 12.3 Å². The summed E-state index contributed by atoms with van der Waals surface area (Å²) in [6.45, 7) is 4.00. The van der Waals surface area contributed by atoms with E-state index in [0.29, 0.717) is 0 Å². The molecule has 0 saturated heterocycles. The molecule has 0 aliphatic rings. The minimum atomic E-state index is -0.464. The van der Waals surface area contributed by atoms with E-state index >= 15 is 0 Å². The van der Waals surface area contributed by atoms with Crippen molar-refractivity contribution < 1.29 is 0 Å². The number of terminal acetylenes is 1. The van der Waals surface area contributed by atoms with E-state index < -0.39 is 11.2 Å². The standard InChI is InChI=1S/C7H6N2O2.C2H6/c1-3-5-4-8-7(11)9(2)6(5)10;1-2/h1,4H,2H3,(H,8,11);1-2H3. The summed E-state index contributed by atoms with van der Waals surface area (Å²) in [7, 11) is 1.36. The Hall–Kier alpha value is -1.76. The number of hydrogen-bond acceptors (Lipinski definition) is 2. The summed E-state index contributed by atoms with van der Waals surface area (Å²) in [5.74, 6) is 2.16. The van der Waals surface area contributed by atoms with Gasteiger partial charge in [-0.15, -0.1) is 6.42 Å². The summed E-state index contributed by atoms with van der Waals surface area (Å²) in [5.41, 5.74) is -0.752. The fourth-order valence-electron chi connectivity index (χ4n) is 0.669. The zero-order chi connectivity index (χ0) is 10.4. The lowest BCUT2D eigenvalue weighted by atomic mass is 10.3. The number of aromatic nitrogens is 2. The van der Waals surface area contributed by atoms with Crippen LogP contribution in [0.1, 0.15) is 19.4 Å². The molecule has 0 aromatic carbocycles. The Balaban J connectivity index is 0.000000671. The predicted octanol–water partition coefficient (Wildman–Crippen LogP) is 0.0811. The summed E-state index contributed by atoms with van der Waals surface area (Å²) in [5, 5.41) is 0. The molecular weight excluding hydrogens is 168 g/mol. The van der Waals surface area contributed by atoms with Gasteiger partial charge in [-0.1, -0.05) is 19.8 Å². The fourth-order valence-corrected chi connectivity index (χ4v) is 0.669. The quantitative estimate of drug-likeness (QED) is 0.575. The molecule has 1 aromatic heterocycles. The van der Waals surface area contributed by atoms with Crippen molar-refractivity contribution in [2.24, 2.45) is 7.05 Å². The predicted molar refractivity (Wildman–Crippen MR) is 51.6 cm³/mol. The molecule has 1 N–H and O–H groups in total. The molecule has 1 aromatic rings. The summed E-state index contributed by atoms with van der Waals surface area (Å²) in [6, 6.07) is 0. The van der Waals surface area contributed by atoms with Crippen molar-refractivity contribution in [1.29, 1.82) is 0 Å². The number of hydrogen-bond donors (Lipinski definition) is 1. The van der Waals surface area contributed by atoms with Gasteiger partial charge in [-0.25, -0.2) is 4.79 Å². The van der Waals surface area contributed by atoms with Gasteiger partial charge in [0.1, 0.15) is 5.56 Å². The number of nitrogens with zero attached hydrogens (tertiary/aromatic N) is 1. The van der Waals surface area contributed by atoms with E-state index in [9.17, 15) is 9.59 Å². The van der Waals surface area contributed by atoms with Crippen LogP contribution in [0.3, 0.4) is 0 Å². The van der Waals surface area contributed by atoms with Crippen LogP contribution >= 0.6 is 0 Å². The molecule has 0 radical (unpaired) electrons. The molecule has 0 bridgehead atoms. The summed E-state index contributed by atoms with van der Waals surface area (Å²) >= 11 is 0. The third-order valence-electron chi connectivity index (χ3n) is 1.34. The van der Waals surface area contributed by atoms with Crippen molar-refractivity contribution >= 4 is 0 Å². The van der Waals surface area contributed by atoms with E-state index in [2.05, 4.69) is 10.9 Å². The maximum Gasteiger partial charge on any atom is 0.328 e. The Morgan fingerprint density at radius 3 is 2.46 bits per heavy atom. The van der Waals surface area contributed by atoms with Gasteiger partial charge < -0.3 is 4.98 Å². The maximum atomic E-state index is 11.0. The lowest BCUT2D eigenvalue weighted by Gasteiger charge is -1.93. The molecule has 13 heavy (non-hydrogen) atoms. The Morgan fingerprint density at radius 1 is 1.46 bits per heavy atom. The average Bonchev–Trinajstić information content (AvgIpc) is 2.18. The second-order valence-electron chi connectivity index (χ2n) is 2.02. The van der Waals surface area contributed by atoms with Gasteiger partial charge in [-0.05, 0) is 0 Å². The number of rotatable bonds is 0. The molecule has 0 fully saturated rings. The van der Waals surface area contributed by atoms with Gasteiger partial charge >= 0.3 is 5.69 Å². The van der Waals surface area contributed by atoms with E-state index in [-0.39, 0.29) is 5.56 Å². The molecule has 1 heterocycles. The van der Waals surface area contributed by atoms with E-state index in [1.165, 1.54) is 13.2 Å². The van der Waals surface area contributed by atoms with Crippen LogP contribution in [0.4, 0.5) is 0 Å². The van der Waals surface area contributed by atoms with Crippen LogP contribution < -0.4 is 11.2 Å². The molecule has 0 aliphatic heterocycles. The number of aromatic amines is 1. The third-order valence-corrected chi connectivity index (χ3v) is 1.34. The van der Waals surface area contributed by atoms with E-state index in [0.717, 1.165) is 4.57 Å². The molecule has 1 rings (SSSR count). The largest absolute Gasteiger partial charge is 0.328 e. The van der Waals surface area contributed by atoms with Crippen LogP contribution in [0.2, 0.25) is 0 Å². The first-order chi connectivity index (χ1) is 6.16. The molecule has 4 heteroatoms. The lowest BCUT2D eigenvalue weighted by Crippen LogP contribution is -2.33. The summed E-state index contributed by atoms with van der Waals surface area (Å²) < 4.78 is 0.926. The van der Waals surface area contributed by atoms with Gasteiger partial charge in [-0.2, -0.15) is 0 Å². The summed E-state index contributed by atoms with van der Waals surface area (Å²) in [4.78, 5) is 24.1. The Morgan fingerprint density at radius 2 is 2.00 bits per heavy atom. The molecule has 0 amide bonds. The van der Waals surface area contributed by atoms with Crippen LogP contribution in [0.15, 0.2) is 15.8 Å². The van der Waals surface area contributed by atoms with Crippen LogP contribution in [0.5, 0.6) is 0 Å². The van der Waals surface area contributed by atoms with Gasteiger partial charge in [0.25, 0.3) is 5.56 Å². The SMILES string of the molecule is C#Cc1c[nH]c(=O)n(C)c1=O.CC. The molecule has 0 spiro atoms. The molecule has 0 unspecified atom stereocenters. The van der Waals surface area contributed by atoms with Crippen molar-refractivity contribution in [2.45, 2.75) is 13.8 Å². The van der Waals surface area contributed by atoms with Crippen molar-refractivity contribution in [3.63, 3.8) is 0 Å². The fraction of sp³-hybridized carbons (Fsp3) is 0.333. The highest BCUT2D eigenvalue weighted by molar-refractivity contribution is 5.25. The highest BCUT2D eigenvalue weighted by Gasteiger charge is 1.98. The first-order valence-electron chi connectivity index (χ1n) is 3.92. The Labute approximate surface area is 76.2 Å². The highest BCUT2D eigenvalue weighted by Crippen LogP contribution is 1.77. The van der Waals surface area contributed by atoms with Crippen LogP contribution in [-0.4, -0.2) is 9.55 Å². The van der Waals surface area contributed by atoms with Gasteiger partial charge in [-0.3, -0.25) is 9.36 Å². The first-order valence-corrected chi connectivity index (χ1v) is 3.92. The van der Waals surface area contributed by atoms with Gasteiger partial charge in [0.05, 0.1) is 0 Å². The van der Waals surface area contributed by atoms with E-state index in [1.54, 1.807) is 0 Å². The lowest BCUT2D eigenvalue weighted by molar-refractivity contribution is 0.772. The number of nitrogens with one attached hydrogen (secondary N) is 1. The smallest absolute Gasteiger partial charge is 0.313 e. The van der Waals surface area contributed by atoms with Gasteiger partial charge in [0.15, 0.2) is 0 Å². The molecule has 0 saturated carbocycles. The average molecular weight is 180 g/mol. The molecule has 0 aliphatic carbocycles. The van der Waals surface area contributed by atoms with Crippen LogP contribution in [0.25, 0.3) is 0 Å². The van der Waals surface area contributed by atoms with Crippen molar-refractivity contribution in [1.82, 2.24) is 9.55 Å². The highest BCUT2D eigenvalue weighted by atomic mass is 16.2. The zero-order valence-electron chi connectivity index (χ0n) is 7.92. The van der Waals surface area contributed by atoms with E-state index in [1.807, 2.05) is 13.8 Å². The van der Waals surface area contributed by atoms with Gasteiger partial charge in [0.2, 0.25) is 0 Å². The maximum absolute atomic E-state index is 11.0. The Bertz CT molecular complexity index is 420. The monoisotopic (exact) mass is 180 g/mol. The zero-order valence-corrected chi connectivity index (χ0v) is 7.92. The second kappa shape index (κ2) is 4.99. The van der Waals surface area contributed by atoms with Crippen LogP contribution in [-0.2, 0) is 7.05 Å². The topological polar surface area (TPSA) is 54.9 Å². The van der Waals surface area contributed by atoms with Crippen molar-refractivity contribution in [2.75, 3.05) is 0 Å². The Kier molecular flexibility index (Phi) is 4.31. The molecule has 4 nitrogen and oxygen atoms in total. The van der Waals surface area contributed by atoms with Gasteiger partial charge in [0, 0.05) is 13.2 Å². The second-order valence-corrected chi connectivity index (χ2v) is 2.02. The minimum absolute atomic E-state index is 0.159. The first kappa shape index (κ1) is 11.2. The molecule has 70 valence electrons. The number of H-pyrrole nitrogens is 1. The molecule has 0 atom stereocenters. The van der Waals surface area contributed by atoms with Crippen LogP contribution in [0, 0.1) is 12.3 Å². The minimum Gasteiger partial charge on any atom is -0.313 e. The molecular formula is C9H12N2O2. The normalized spacial score (nSPS) is 8.15. The third kappa shape index (κ3) is 2.34. The van der Waals surface area contributed by atoms with Crippen molar-refractivity contribution in [3.05, 3.63) is 32.6 Å². The summed E-state index contributed by atoms with van der Waals surface area (Å²) in [6.07, 6.45) is 6.21. The van der Waals surface area contributed by atoms with E-state index in [4.69, 9.17) is 6.42 Å².